The lowest BCUT2D eigenvalue weighted by Crippen LogP contribution is -2.22. The molecule has 0 aliphatic carbocycles. The Morgan fingerprint density at radius 3 is 1.25 bits per heavy atom. The fourth-order valence-electron chi connectivity index (χ4n) is 7.79. The number of rotatable bonds is 17. The Morgan fingerprint density at radius 2 is 0.902 bits per heavy atom. The van der Waals surface area contributed by atoms with E-state index in [4.69, 9.17) is 50.2 Å². The van der Waals surface area contributed by atoms with Gasteiger partial charge < -0.3 is 34.3 Å². The highest BCUT2D eigenvalue weighted by Crippen LogP contribution is 2.33. The summed E-state index contributed by atoms with van der Waals surface area (Å²) in [5, 5.41) is 62.1. The van der Waals surface area contributed by atoms with Gasteiger partial charge in [-0.2, -0.15) is 21.0 Å². The van der Waals surface area contributed by atoms with Crippen LogP contribution in [0.15, 0.2) is 48.6 Å². The van der Waals surface area contributed by atoms with Crippen LogP contribution < -0.4 is 0 Å². The van der Waals surface area contributed by atoms with Crippen molar-refractivity contribution in [2.45, 2.75) is 156 Å². The number of aliphatic hydroxyl groups excluding tert-OH is 3. The number of carbonyl (C=O) groups is 1. The number of hydrogen-bond acceptors (Lipinski definition) is 12. The van der Waals surface area contributed by atoms with Crippen LogP contribution in [0, 0.1) is 92.7 Å². The molecular formula is C49H76N4O8. The molecule has 0 aromatic carbocycles. The summed E-state index contributed by atoms with van der Waals surface area (Å²) in [7, 11) is 0. The summed E-state index contributed by atoms with van der Waals surface area (Å²) < 4.78 is 22.3. The van der Waals surface area contributed by atoms with Crippen LogP contribution in [-0.4, -0.2) is 90.3 Å². The minimum absolute atomic E-state index is 0.0128. The van der Waals surface area contributed by atoms with E-state index in [9.17, 15) is 9.90 Å². The van der Waals surface area contributed by atoms with Gasteiger partial charge in [0.15, 0.2) is 5.78 Å². The Bertz CT molecular complexity index is 1390. The van der Waals surface area contributed by atoms with Gasteiger partial charge in [-0.15, -0.1) is 0 Å². The topological polar surface area (TPSA) is 210 Å². The van der Waals surface area contributed by atoms with E-state index < -0.39 is 18.3 Å². The maximum Gasteiger partial charge on any atom is 0.155 e. The Balaban J connectivity index is 0.000000407. The molecule has 3 N–H and O–H groups in total. The van der Waals surface area contributed by atoms with Gasteiger partial charge in [-0.3, -0.25) is 4.79 Å². The molecule has 4 fully saturated rings. The lowest BCUT2D eigenvalue weighted by Gasteiger charge is -2.17. The maximum atomic E-state index is 11.2. The summed E-state index contributed by atoms with van der Waals surface area (Å²) in [6, 6.07) is 8.62. The zero-order chi connectivity index (χ0) is 45.7. The number of nitriles is 4. The molecule has 4 rings (SSSR count). The van der Waals surface area contributed by atoms with E-state index in [0.29, 0.717) is 86.6 Å². The molecule has 0 aromatic heterocycles. The molecule has 0 spiro atoms. The summed E-state index contributed by atoms with van der Waals surface area (Å²) in [5.74, 6) is 3.55. The number of allylic oxidation sites excluding steroid dienone is 2. The molecule has 4 heterocycles. The highest BCUT2D eigenvalue weighted by molar-refractivity contribution is 5.89. The van der Waals surface area contributed by atoms with Crippen molar-refractivity contribution in [1.29, 1.82) is 21.0 Å². The molecule has 0 saturated carbocycles. The van der Waals surface area contributed by atoms with Crippen molar-refractivity contribution >= 4 is 5.78 Å². The highest BCUT2D eigenvalue weighted by atomic mass is 16.5. The van der Waals surface area contributed by atoms with Crippen molar-refractivity contribution in [2.24, 2.45) is 47.3 Å². The van der Waals surface area contributed by atoms with Gasteiger partial charge in [0, 0.05) is 38.0 Å². The first-order valence-electron chi connectivity index (χ1n) is 22.4. The van der Waals surface area contributed by atoms with Crippen molar-refractivity contribution in [3.8, 4) is 24.3 Å². The number of ketones is 1. The summed E-state index contributed by atoms with van der Waals surface area (Å²) in [4.78, 5) is 11.2. The minimum Gasteiger partial charge on any atom is -0.390 e. The van der Waals surface area contributed by atoms with Gasteiger partial charge in [-0.25, -0.2) is 0 Å². The van der Waals surface area contributed by atoms with E-state index in [1.807, 2.05) is 19.1 Å². The predicted molar refractivity (Wildman–Crippen MR) is 236 cm³/mol. The Kier molecular flexibility index (Phi) is 29.1. The van der Waals surface area contributed by atoms with Gasteiger partial charge in [-0.1, -0.05) is 84.1 Å². The van der Waals surface area contributed by atoms with Crippen molar-refractivity contribution in [1.82, 2.24) is 0 Å². The number of carbonyl (C=O) groups excluding carboxylic acids is 1. The van der Waals surface area contributed by atoms with E-state index in [1.165, 1.54) is 0 Å². The lowest BCUT2D eigenvalue weighted by atomic mass is 9.88. The first-order valence-corrected chi connectivity index (χ1v) is 22.4. The predicted octanol–water partition coefficient (Wildman–Crippen LogP) is 8.11. The molecule has 4 aliphatic heterocycles. The quantitative estimate of drug-likeness (QED) is 0.0936. The van der Waals surface area contributed by atoms with Crippen LogP contribution in [0.1, 0.15) is 113 Å². The normalized spacial score (nSPS) is 31.7. The SMILES string of the molecule is CC(C)/C=C/[C@H]1OC[C@H](C)[C@@H]1CCC#N.CC(O)/C=C/[C@H]1OCC(O)[C@@H]1CCC#N.CC(O)/C=C/[C@H]1OC[C@H](C)[C@@H]1CCC#N.CCC(=O)/C=C/[C@H]1OC[C@H](C)[C@@H]1CCC#N. The third kappa shape index (κ3) is 22.3. The Morgan fingerprint density at radius 1 is 0.574 bits per heavy atom. The molecule has 4 aliphatic rings. The first kappa shape index (κ1) is 55.3. The second-order valence-corrected chi connectivity index (χ2v) is 17.2. The van der Waals surface area contributed by atoms with Crippen LogP contribution in [-0.2, 0) is 23.7 Å². The van der Waals surface area contributed by atoms with Gasteiger partial charge in [0.1, 0.15) is 0 Å². The van der Waals surface area contributed by atoms with E-state index >= 15 is 0 Å². The summed E-state index contributed by atoms with van der Waals surface area (Å²) >= 11 is 0. The van der Waals surface area contributed by atoms with Crippen LogP contribution in [0.4, 0.5) is 0 Å². The van der Waals surface area contributed by atoms with Crippen molar-refractivity contribution in [3.63, 3.8) is 0 Å². The monoisotopic (exact) mass is 849 g/mol. The smallest absolute Gasteiger partial charge is 0.155 e. The average molecular weight is 849 g/mol. The fourth-order valence-corrected chi connectivity index (χ4v) is 7.79. The molecule has 0 radical (unpaired) electrons. The number of nitrogens with zero attached hydrogens (tertiary/aromatic N) is 4. The number of hydrogen-bond donors (Lipinski definition) is 3. The summed E-state index contributed by atoms with van der Waals surface area (Å²) in [5.41, 5.74) is 0. The maximum absolute atomic E-state index is 11.2. The summed E-state index contributed by atoms with van der Waals surface area (Å²) in [6.07, 6.45) is 19.7. The first-order chi connectivity index (χ1) is 29.1. The molecule has 0 amide bonds. The standard InChI is InChI=1S/C13H19NO2.C13H21NO.C12H19NO2.C11H17NO3/c1-3-11(15)6-7-13-12(5-4-8-14)10(2)9-16-13;1-10(2)6-7-13-12(5-4-8-14)11(3)9-15-13;1-9-8-15-12(6-5-10(2)14)11(9)4-3-7-13;1-8(13)4-5-11-9(3-2-6-12)10(14)7-15-11/h6-7,10,12-13H,3-5,9H2,1-2H3;6-7,10-13H,4-5,9H2,1-3H3;5-6,9-12,14H,3-4,8H2,1-2H3;4-5,8-11,13-14H,2-3,7H2,1H3/b2*7-6+;6-5+;5-4+/t10-,12-,13+;11-,12-,13+;9-,10?,11-,12+;8?,9-,10?,11+/m0000/s1. The van der Waals surface area contributed by atoms with Gasteiger partial charge in [-0.05, 0) is 87.0 Å². The van der Waals surface area contributed by atoms with Gasteiger partial charge in [0.2, 0.25) is 0 Å². The van der Waals surface area contributed by atoms with Crippen molar-refractivity contribution < 1.29 is 39.1 Å². The van der Waals surface area contributed by atoms with Crippen LogP contribution in [0.5, 0.6) is 0 Å². The zero-order valence-electron chi connectivity index (χ0n) is 38.1. The van der Waals surface area contributed by atoms with Gasteiger partial charge >= 0.3 is 0 Å². The third-order valence-electron chi connectivity index (χ3n) is 11.5. The average Bonchev–Trinajstić information content (AvgIpc) is 3.99. The molecule has 340 valence electrons. The lowest BCUT2D eigenvalue weighted by molar-refractivity contribution is -0.114. The van der Waals surface area contributed by atoms with Crippen LogP contribution in [0.25, 0.3) is 0 Å². The number of ether oxygens (including phenoxy) is 4. The highest BCUT2D eigenvalue weighted by Gasteiger charge is 2.35. The molecule has 12 heteroatoms. The molecule has 14 atom stereocenters. The number of aliphatic hydroxyl groups is 3. The van der Waals surface area contributed by atoms with Crippen LogP contribution in [0.2, 0.25) is 0 Å². The molecule has 0 aromatic rings. The van der Waals surface area contributed by atoms with Crippen LogP contribution in [0.3, 0.4) is 0 Å². The molecule has 3 unspecified atom stereocenters. The fraction of sp³-hybridized carbons (Fsp3) is 0.735. The molecule has 0 bridgehead atoms. The van der Waals surface area contributed by atoms with E-state index in [2.05, 4.69) is 71.0 Å². The van der Waals surface area contributed by atoms with Gasteiger partial charge in [0.05, 0.1) is 93.4 Å². The largest absolute Gasteiger partial charge is 0.390 e. The molecule has 61 heavy (non-hydrogen) atoms. The van der Waals surface area contributed by atoms with Crippen molar-refractivity contribution in [2.75, 3.05) is 26.4 Å². The van der Waals surface area contributed by atoms with E-state index in [1.54, 1.807) is 38.2 Å². The second kappa shape index (κ2) is 32.1. The van der Waals surface area contributed by atoms with Crippen molar-refractivity contribution in [3.05, 3.63) is 48.6 Å². The molecule has 12 nitrogen and oxygen atoms in total. The van der Waals surface area contributed by atoms with Crippen LogP contribution >= 0.6 is 0 Å². The third-order valence-corrected chi connectivity index (χ3v) is 11.5. The molecular weight excluding hydrogens is 773 g/mol. The van der Waals surface area contributed by atoms with E-state index in [-0.39, 0.29) is 36.1 Å². The minimum atomic E-state index is -0.511. The zero-order valence-corrected chi connectivity index (χ0v) is 38.1. The van der Waals surface area contributed by atoms with Gasteiger partial charge in [0.25, 0.3) is 0 Å². The Labute approximate surface area is 367 Å². The molecule has 4 saturated heterocycles. The Hall–Kier alpha value is -3.69. The second-order valence-electron chi connectivity index (χ2n) is 17.2. The van der Waals surface area contributed by atoms with E-state index in [0.717, 1.165) is 39.1 Å². The summed E-state index contributed by atoms with van der Waals surface area (Å²) in [6.45, 7) is 18.7.